The zero-order valence-corrected chi connectivity index (χ0v) is 37.9. The molecule has 0 aliphatic carbocycles. The van der Waals surface area contributed by atoms with Crippen LogP contribution in [0.2, 0.25) is 9.88 Å². The van der Waals surface area contributed by atoms with Gasteiger partial charge in [-0.15, -0.1) is 0 Å². The second-order valence-corrected chi connectivity index (χ2v) is 18.5. The number of carbonyl (C=O) groups excluding carboxylic acids is 2. The van der Waals surface area contributed by atoms with Crippen molar-refractivity contribution in [3.8, 4) is 0 Å². The Morgan fingerprint density at radius 1 is 0.388 bits per heavy atom. The van der Waals surface area contributed by atoms with Crippen LogP contribution in [0.1, 0.15) is 232 Å². The van der Waals surface area contributed by atoms with Gasteiger partial charge < -0.3 is 19.8 Å². The number of hydrogen-bond acceptors (Lipinski definition) is 6. The summed E-state index contributed by atoms with van der Waals surface area (Å²) in [6.07, 6.45) is 44.1. The number of carbonyl (C=O) groups is 2. The van der Waals surface area contributed by atoms with Crippen LogP contribution in [0, 0.1) is 0 Å². The van der Waals surface area contributed by atoms with Gasteiger partial charge in [0, 0.05) is 10.5 Å². The SMILES string of the molecule is CCCCCCCCCCCCCCCCCCC(S)C(=O)[O-].CCCCCCCCCCCCCCCCCCC(S)C(=O)[O-].[CH3][Sn+2][CH3]. The van der Waals surface area contributed by atoms with Crippen molar-refractivity contribution >= 4 is 58.3 Å². The van der Waals surface area contributed by atoms with Crippen molar-refractivity contribution in [2.75, 3.05) is 0 Å². The van der Waals surface area contributed by atoms with Gasteiger partial charge in [0.15, 0.2) is 0 Å². The molecule has 0 saturated carbocycles. The molecule has 0 fully saturated rings. The molecule has 0 rings (SSSR count). The maximum absolute atomic E-state index is 10.5. The molecule has 0 aromatic rings. The molecule has 0 N–H and O–H groups in total. The Hall–Kier alpha value is 0.439. The van der Waals surface area contributed by atoms with E-state index in [1.165, 1.54) is 180 Å². The van der Waals surface area contributed by atoms with E-state index >= 15 is 0 Å². The first-order chi connectivity index (χ1) is 23.8. The minimum atomic E-state index is -1.03. The van der Waals surface area contributed by atoms with Crippen molar-refractivity contribution in [2.24, 2.45) is 0 Å². The number of carboxylic acids is 2. The van der Waals surface area contributed by atoms with E-state index in [1.807, 2.05) is 0 Å². The van der Waals surface area contributed by atoms with Crippen molar-refractivity contribution in [1.82, 2.24) is 0 Å². The second kappa shape index (κ2) is 48.4. The topological polar surface area (TPSA) is 80.3 Å². The van der Waals surface area contributed by atoms with Crippen LogP contribution in [0.5, 0.6) is 0 Å². The quantitative estimate of drug-likeness (QED) is 0.0374. The van der Waals surface area contributed by atoms with Gasteiger partial charge >= 0.3 is 31.0 Å². The molecular weight excluding hydrogens is 751 g/mol. The minimum absolute atomic E-state index is 0.230. The van der Waals surface area contributed by atoms with E-state index in [4.69, 9.17) is 0 Å². The third-order valence-electron chi connectivity index (χ3n) is 9.21. The Labute approximate surface area is 328 Å². The summed E-state index contributed by atoms with van der Waals surface area (Å²) in [6, 6.07) is 0. The summed E-state index contributed by atoms with van der Waals surface area (Å²) in [6.45, 7) is 4.54. The summed E-state index contributed by atoms with van der Waals surface area (Å²) in [5.41, 5.74) is 0. The van der Waals surface area contributed by atoms with Gasteiger partial charge in [0.05, 0.1) is 11.9 Å². The number of carboxylic acid groups (broad SMARTS) is 2. The molecule has 49 heavy (non-hydrogen) atoms. The van der Waals surface area contributed by atoms with Crippen molar-refractivity contribution in [1.29, 1.82) is 0 Å². The van der Waals surface area contributed by atoms with E-state index in [0.717, 1.165) is 25.7 Å². The van der Waals surface area contributed by atoms with Crippen LogP contribution >= 0.6 is 25.3 Å². The van der Waals surface area contributed by atoms with Gasteiger partial charge in [-0.1, -0.05) is 219 Å². The molecule has 2 atom stereocenters. The van der Waals surface area contributed by atoms with Crippen LogP contribution in [0.15, 0.2) is 0 Å². The van der Waals surface area contributed by atoms with Crippen LogP contribution < -0.4 is 10.2 Å². The first-order valence-electron chi connectivity index (χ1n) is 21.1. The molecule has 0 aliphatic heterocycles. The van der Waals surface area contributed by atoms with Gasteiger partial charge in [0.2, 0.25) is 0 Å². The van der Waals surface area contributed by atoms with Crippen LogP contribution in [0.4, 0.5) is 0 Å². The molecule has 0 spiro atoms. The molecule has 0 aromatic heterocycles. The number of thiol groups is 2. The standard InChI is InChI=1S/2C20H40O2S.2CH3.Sn/c2*1-2-3-4-5-6-7-8-9-10-11-12-13-14-15-16-17-18-19(23)20(21)22;;;/h2*19,23H,2-18H2,1H3,(H,21,22);2*1H3;/q;;;;+2/p-2. The van der Waals surface area contributed by atoms with Crippen LogP contribution in [0.25, 0.3) is 0 Å². The summed E-state index contributed by atoms with van der Waals surface area (Å²) < 4.78 is 0. The van der Waals surface area contributed by atoms with E-state index in [0.29, 0.717) is 12.8 Å². The molecule has 7 heteroatoms. The Bertz CT molecular complexity index is 586. The van der Waals surface area contributed by atoms with E-state index in [-0.39, 0.29) is 21.1 Å². The van der Waals surface area contributed by atoms with Crippen molar-refractivity contribution in [2.45, 2.75) is 253 Å². The summed E-state index contributed by atoms with van der Waals surface area (Å²) in [5, 5.41) is 19.8. The van der Waals surface area contributed by atoms with Crippen LogP contribution in [0.3, 0.4) is 0 Å². The number of rotatable bonds is 36. The molecule has 0 amide bonds. The zero-order valence-electron chi connectivity index (χ0n) is 33.2. The molecule has 0 aliphatic rings. The van der Waals surface area contributed by atoms with Gasteiger partial charge in [-0.2, -0.15) is 25.3 Å². The fourth-order valence-electron chi connectivity index (χ4n) is 6.01. The maximum atomic E-state index is 10.5. The van der Waals surface area contributed by atoms with Gasteiger partial charge in [0.25, 0.3) is 0 Å². The average molecular weight is 836 g/mol. The average Bonchev–Trinajstić information content (AvgIpc) is 3.08. The molecule has 2 unspecified atom stereocenters. The molecule has 0 aromatic carbocycles. The number of unbranched alkanes of at least 4 members (excludes halogenated alkanes) is 30. The van der Waals surface area contributed by atoms with Crippen LogP contribution in [-0.2, 0) is 9.59 Å². The first kappa shape index (κ1) is 53.8. The van der Waals surface area contributed by atoms with Gasteiger partial charge in [-0.3, -0.25) is 0 Å². The number of hydrogen-bond donors (Lipinski definition) is 2. The van der Waals surface area contributed by atoms with E-state index < -0.39 is 22.4 Å². The van der Waals surface area contributed by atoms with Crippen molar-refractivity contribution in [3.05, 3.63) is 0 Å². The zero-order chi connectivity index (χ0) is 37.1. The summed E-state index contributed by atoms with van der Waals surface area (Å²) in [7, 11) is 0. The molecule has 0 radical (unpaired) electrons. The fraction of sp³-hybridized carbons (Fsp3) is 0.952. The van der Waals surface area contributed by atoms with E-state index in [1.54, 1.807) is 0 Å². The molecule has 292 valence electrons. The summed E-state index contributed by atoms with van der Waals surface area (Å²) in [5.74, 6) is -2.07. The molecule has 4 nitrogen and oxygen atoms in total. The van der Waals surface area contributed by atoms with Gasteiger partial charge in [0.1, 0.15) is 0 Å². The number of aliphatic carboxylic acids is 2. The van der Waals surface area contributed by atoms with Gasteiger partial charge in [-0.25, -0.2) is 0 Å². The van der Waals surface area contributed by atoms with E-state index in [9.17, 15) is 19.8 Å². The predicted octanol–water partition coefficient (Wildman–Crippen LogP) is 12.2. The third-order valence-corrected chi connectivity index (χ3v) is 10.1. The fourth-order valence-corrected chi connectivity index (χ4v) is 6.37. The third kappa shape index (κ3) is 52.9. The summed E-state index contributed by atoms with van der Waals surface area (Å²) >= 11 is 8.21. The molecule has 0 bridgehead atoms. The van der Waals surface area contributed by atoms with Crippen molar-refractivity contribution in [3.63, 3.8) is 0 Å². The Kier molecular flexibility index (Phi) is 53.2. The second-order valence-electron chi connectivity index (χ2n) is 14.4. The predicted molar refractivity (Wildman–Crippen MR) is 221 cm³/mol. The Balaban J connectivity index is -0.000000798. The summed E-state index contributed by atoms with van der Waals surface area (Å²) in [4.78, 5) is 25.6. The normalized spacial score (nSPS) is 11.9. The molecule has 0 saturated heterocycles. The van der Waals surface area contributed by atoms with Gasteiger partial charge in [-0.05, 0) is 12.8 Å². The monoisotopic (exact) mass is 836 g/mol. The van der Waals surface area contributed by atoms with Crippen LogP contribution in [-0.4, -0.2) is 43.6 Å². The first-order valence-corrected chi connectivity index (χ1v) is 27.9. The van der Waals surface area contributed by atoms with Crippen molar-refractivity contribution < 1.29 is 19.8 Å². The molecular formula is C42H84O4S2Sn. The Morgan fingerprint density at radius 2 is 0.531 bits per heavy atom. The molecule has 0 heterocycles. The van der Waals surface area contributed by atoms with E-state index in [2.05, 4.69) is 49.0 Å². The Morgan fingerprint density at radius 3 is 0.673 bits per heavy atom.